The quantitative estimate of drug-likeness (QED) is 0.369. The van der Waals surface area contributed by atoms with Gasteiger partial charge in [-0.3, -0.25) is 6.08 Å². The minimum Gasteiger partial charge on any atom is -1.00 e. The summed E-state index contributed by atoms with van der Waals surface area (Å²) in [4.78, 5) is 0. The number of hydrogen-bond donors (Lipinski definition) is 0. The third kappa shape index (κ3) is 6.66. The van der Waals surface area contributed by atoms with Crippen molar-refractivity contribution in [2.45, 2.75) is 34.1 Å². The maximum Gasteiger partial charge on any atom is 4.00 e. The first-order chi connectivity index (χ1) is 5.99. The van der Waals surface area contributed by atoms with Crippen LogP contribution in [0.2, 0.25) is 0 Å². The van der Waals surface area contributed by atoms with Gasteiger partial charge in [0, 0.05) is 13.7 Å². The fourth-order valence-corrected chi connectivity index (χ4v) is 1.71. The second kappa shape index (κ2) is 10.9. The summed E-state index contributed by atoms with van der Waals surface area (Å²) in [7, 11) is 1.74. The molecule has 1 aliphatic rings. The second-order valence-corrected chi connectivity index (χ2v) is 4.22. The van der Waals surface area contributed by atoms with Crippen molar-refractivity contribution < 1.29 is 63.7 Å². The van der Waals surface area contributed by atoms with Gasteiger partial charge < -0.3 is 42.0 Å². The molecule has 0 saturated heterocycles. The summed E-state index contributed by atoms with van der Waals surface area (Å²) in [5, 5.41) is 0. The van der Waals surface area contributed by atoms with Crippen LogP contribution in [0.15, 0.2) is 16.7 Å². The molecule has 0 aromatic rings. The number of hydrogen-bond acceptors (Lipinski definition) is 1. The smallest absolute Gasteiger partial charge is 1.00 e. The molecule has 0 saturated carbocycles. The van der Waals surface area contributed by atoms with E-state index in [0.29, 0.717) is 0 Å². The van der Waals surface area contributed by atoms with Crippen LogP contribution in [0.25, 0.3) is 0 Å². The third-order valence-electron chi connectivity index (χ3n) is 2.97. The summed E-state index contributed by atoms with van der Waals surface area (Å²) >= 11 is 0. The molecule has 98 valence electrons. The minimum absolute atomic E-state index is 0. The van der Waals surface area contributed by atoms with E-state index >= 15 is 0 Å². The predicted molar refractivity (Wildman–Crippen MR) is 55.4 cm³/mol. The molecule has 1 nitrogen and oxygen atoms in total. The third-order valence-corrected chi connectivity index (χ3v) is 2.97. The van der Waals surface area contributed by atoms with Crippen LogP contribution in [0, 0.1) is 11.5 Å². The van der Waals surface area contributed by atoms with E-state index in [1.54, 1.807) is 7.11 Å². The van der Waals surface area contributed by atoms with Crippen LogP contribution in [0.3, 0.4) is 0 Å². The Hall–Kier alpha value is 1.02. The summed E-state index contributed by atoms with van der Waals surface area (Å²) in [6, 6.07) is 0. The molecule has 0 heterocycles. The number of ether oxygens (including phenoxy) is 1. The predicted octanol–water partition coefficient (Wildman–Crippen LogP) is -5.86. The van der Waals surface area contributed by atoms with Crippen LogP contribution >= 0.6 is 0 Å². The molecule has 17 heavy (non-hydrogen) atoms. The Morgan fingerprint density at radius 2 is 1.59 bits per heavy atom. The molecule has 0 aliphatic heterocycles. The molecule has 0 N–H and O–H groups in total. The van der Waals surface area contributed by atoms with Crippen molar-refractivity contribution in [2.75, 3.05) is 13.7 Å². The molecule has 1 rings (SSSR count). The van der Waals surface area contributed by atoms with E-state index in [9.17, 15) is 0 Å². The topological polar surface area (TPSA) is 9.23 Å². The van der Waals surface area contributed by atoms with E-state index in [2.05, 4.69) is 33.8 Å². The van der Waals surface area contributed by atoms with Crippen molar-refractivity contribution >= 4 is 0 Å². The molecule has 0 fully saturated rings. The van der Waals surface area contributed by atoms with Gasteiger partial charge in [0.1, 0.15) is 0 Å². The fourth-order valence-electron chi connectivity index (χ4n) is 1.71. The van der Waals surface area contributed by atoms with Crippen molar-refractivity contribution in [3.63, 3.8) is 0 Å². The van der Waals surface area contributed by atoms with Crippen LogP contribution in [0.4, 0.5) is 0 Å². The Bertz CT molecular complexity index is 273. The zero-order valence-corrected chi connectivity index (χ0v) is 14.8. The van der Waals surface area contributed by atoms with Crippen LogP contribution < -0.4 is 37.2 Å². The van der Waals surface area contributed by atoms with E-state index < -0.39 is 0 Å². The van der Waals surface area contributed by atoms with Crippen LogP contribution in [-0.4, -0.2) is 13.7 Å². The number of methoxy groups -OCH3 is 1. The molecule has 5 heteroatoms. The molecule has 0 unspecified atom stereocenters. The van der Waals surface area contributed by atoms with Crippen molar-refractivity contribution in [1.82, 2.24) is 0 Å². The van der Waals surface area contributed by atoms with Gasteiger partial charge in [-0.25, -0.2) is 5.57 Å². The van der Waals surface area contributed by atoms with Gasteiger partial charge in [0.25, 0.3) is 0 Å². The zero-order chi connectivity index (χ0) is 10.1. The average Bonchev–Trinajstić information content (AvgIpc) is 2.26. The largest absolute Gasteiger partial charge is 4.00 e. The SMILES string of the molecule is COCCC1=[C-]C(C)(C)C(C)=C1C.[Cl-].[Cl-].[Cl-].[Ti+4]. The van der Waals surface area contributed by atoms with Gasteiger partial charge >= 0.3 is 21.7 Å². The van der Waals surface area contributed by atoms with E-state index in [0.717, 1.165) is 13.0 Å². The Labute approximate surface area is 139 Å². The molecule has 1 aliphatic carbocycles. The molecule has 0 bridgehead atoms. The van der Waals surface area contributed by atoms with E-state index in [1.807, 2.05) is 0 Å². The first-order valence-corrected chi connectivity index (χ1v) is 4.80. The molecule has 0 atom stereocenters. The summed E-state index contributed by atoms with van der Waals surface area (Å²) in [6.07, 6.45) is 4.52. The van der Waals surface area contributed by atoms with Crippen molar-refractivity contribution in [3.05, 3.63) is 22.8 Å². The number of allylic oxidation sites excluding steroid dienone is 3. The molecule has 0 aromatic heterocycles. The zero-order valence-electron chi connectivity index (χ0n) is 11.0. The Morgan fingerprint density at radius 3 is 1.88 bits per heavy atom. The van der Waals surface area contributed by atoms with E-state index in [1.165, 1.54) is 16.7 Å². The Kier molecular flexibility index (Phi) is 17.0. The van der Waals surface area contributed by atoms with Crippen LogP contribution in [0.5, 0.6) is 0 Å². The minimum atomic E-state index is 0. The average molecular weight is 334 g/mol. The number of halogens is 3. The molecule has 0 spiro atoms. The second-order valence-electron chi connectivity index (χ2n) is 4.22. The molecule has 0 amide bonds. The fraction of sp³-hybridized carbons (Fsp3) is 0.667. The van der Waals surface area contributed by atoms with Gasteiger partial charge in [-0.15, -0.1) is 6.92 Å². The normalized spacial score (nSPS) is 15.9. The van der Waals surface area contributed by atoms with Crippen LogP contribution in [0.1, 0.15) is 34.1 Å². The standard InChI is InChI=1S/C12H19O.3ClH.Ti/c1-9-10(2)12(3,4)8-11(9)6-7-13-5;;;;/h6-7H2,1-5H3;3*1H;/q-1;;;;+4/p-3. The first-order valence-electron chi connectivity index (χ1n) is 4.80. The van der Waals surface area contributed by atoms with E-state index in [-0.39, 0.29) is 64.4 Å². The summed E-state index contributed by atoms with van der Waals surface area (Å²) in [6.45, 7) is 9.60. The molecule has 0 radical (unpaired) electrons. The maximum absolute atomic E-state index is 5.07. The molecular formula is C12H19Cl3OTi. The van der Waals surface area contributed by atoms with Gasteiger partial charge in [0.05, 0.1) is 0 Å². The van der Waals surface area contributed by atoms with Gasteiger partial charge in [-0.2, -0.15) is 11.1 Å². The van der Waals surface area contributed by atoms with Crippen LogP contribution in [-0.2, 0) is 26.5 Å². The summed E-state index contributed by atoms with van der Waals surface area (Å²) < 4.78 is 5.07. The summed E-state index contributed by atoms with van der Waals surface area (Å²) in [5.74, 6) is 0. The monoisotopic (exact) mass is 332 g/mol. The summed E-state index contributed by atoms with van der Waals surface area (Å²) in [5.41, 5.74) is 4.32. The van der Waals surface area contributed by atoms with Gasteiger partial charge in [-0.05, 0) is 6.42 Å². The van der Waals surface area contributed by atoms with Gasteiger partial charge in [0.2, 0.25) is 0 Å². The van der Waals surface area contributed by atoms with Crippen molar-refractivity contribution in [3.8, 4) is 0 Å². The first kappa shape index (κ1) is 26.6. The van der Waals surface area contributed by atoms with Crippen molar-refractivity contribution in [2.24, 2.45) is 5.41 Å². The Morgan fingerprint density at radius 1 is 1.12 bits per heavy atom. The molecular weight excluding hydrogens is 314 g/mol. The Balaban J connectivity index is -0.000000211. The van der Waals surface area contributed by atoms with Gasteiger partial charge in [0.15, 0.2) is 0 Å². The van der Waals surface area contributed by atoms with Gasteiger partial charge in [-0.1, -0.05) is 26.2 Å². The molecule has 0 aromatic carbocycles. The maximum atomic E-state index is 5.07. The van der Waals surface area contributed by atoms with Crippen molar-refractivity contribution in [1.29, 1.82) is 0 Å². The number of rotatable bonds is 3. The van der Waals surface area contributed by atoms with E-state index in [4.69, 9.17) is 4.74 Å².